The van der Waals surface area contributed by atoms with Gasteiger partial charge in [-0.3, -0.25) is 14.4 Å². The predicted octanol–water partition coefficient (Wildman–Crippen LogP) is 5.54. The molecule has 2 unspecified atom stereocenters. The number of carbonyl (C=O) groups excluding carboxylic acids is 3. The quantitative estimate of drug-likeness (QED) is 0.375. The highest BCUT2D eigenvalue weighted by molar-refractivity contribution is 6.21. The monoisotopic (exact) mass is 557 g/mol. The molecule has 0 bridgehead atoms. The van der Waals surface area contributed by atoms with E-state index in [1.165, 1.54) is 12.1 Å². The molecule has 2 aromatic rings. The van der Waals surface area contributed by atoms with Crippen LogP contribution in [0.2, 0.25) is 0 Å². The van der Waals surface area contributed by atoms with Gasteiger partial charge in [0.05, 0.1) is 23.2 Å². The minimum Gasteiger partial charge on any atom is -0.322 e. The number of halogens is 7. The summed E-state index contributed by atoms with van der Waals surface area (Å²) in [5.74, 6) is -7.55. The number of aliphatic imine (C=N–C) groups is 1. The number of nitrogens with one attached hydrogen (secondary N) is 1. The maximum absolute atomic E-state index is 14.1. The minimum absolute atomic E-state index is 0.00253. The number of alkyl halides is 6. The van der Waals surface area contributed by atoms with E-state index >= 15 is 0 Å². The van der Waals surface area contributed by atoms with E-state index < -0.39 is 79.6 Å². The summed E-state index contributed by atoms with van der Waals surface area (Å²) in [5, 5.41) is 2.56. The van der Waals surface area contributed by atoms with Crippen molar-refractivity contribution in [1.82, 2.24) is 4.90 Å². The van der Waals surface area contributed by atoms with Crippen LogP contribution in [0.3, 0.4) is 0 Å². The third-order valence-corrected chi connectivity index (χ3v) is 6.68. The van der Waals surface area contributed by atoms with E-state index in [1.807, 2.05) is 0 Å². The third kappa shape index (κ3) is 6.12. The second-order valence-corrected chi connectivity index (χ2v) is 9.42. The Morgan fingerprint density at radius 1 is 0.872 bits per heavy atom. The Labute approximate surface area is 217 Å². The molecule has 0 aliphatic carbocycles. The van der Waals surface area contributed by atoms with Crippen molar-refractivity contribution in [3.8, 4) is 0 Å². The van der Waals surface area contributed by atoms with E-state index in [-0.39, 0.29) is 17.0 Å². The number of fused-ring (bicyclic) bond motifs is 1. The average molecular weight is 557 g/mol. The third-order valence-electron chi connectivity index (χ3n) is 6.68. The highest BCUT2D eigenvalue weighted by Gasteiger charge is 2.53. The van der Waals surface area contributed by atoms with E-state index in [0.717, 1.165) is 12.1 Å². The molecule has 3 amide bonds. The van der Waals surface area contributed by atoms with Crippen LogP contribution < -0.4 is 5.32 Å². The van der Waals surface area contributed by atoms with Crippen molar-refractivity contribution in [3.63, 3.8) is 0 Å². The van der Waals surface area contributed by atoms with Crippen LogP contribution >= 0.6 is 0 Å². The summed E-state index contributed by atoms with van der Waals surface area (Å²) in [7, 11) is 0. The standard InChI is InChI=1S/C26H22F7N3O3/c1-13-4-2-7-18-19(13)35-22(37)21(34-20(18)14-5-3-6-15(27)12-14)36-23(38)16(8-10-25(28,29)30)17(24(36)39)9-11-26(31,32)33/h2-7,12,16-17,21H,8-11H2,1H3,(H,35,37)/t16?,17?,21-/m0/s1. The normalized spacial score (nSPS) is 21.9. The van der Waals surface area contributed by atoms with Crippen LogP contribution in [0, 0.1) is 24.6 Å². The maximum atomic E-state index is 14.1. The molecule has 0 spiro atoms. The molecule has 3 atom stereocenters. The van der Waals surface area contributed by atoms with Gasteiger partial charge in [-0.1, -0.05) is 30.3 Å². The Kier molecular flexibility index (Phi) is 7.55. The van der Waals surface area contributed by atoms with E-state index in [0.29, 0.717) is 16.0 Å². The molecule has 2 aliphatic heterocycles. The lowest BCUT2D eigenvalue weighted by molar-refractivity contribution is -0.147. The van der Waals surface area contributed by atoms with Gasteiger partial charge >= 0.3 is 12.4 Å². The van der Waals surface area contributed by atoms with E-state index in [9.17, 15) is 45.1 Å². The number of imide groups is 1. The molecule has 1 N–H and O–H groups in total. The van der Waals surface area contributed by atoms with Gasteiger partial charge in [-0.05, 0) is 37.5 Å². The summed E-state index contributed by atoms with van der Waals surface area (Å²) in [6.45, 7) is 1.65. The number of hydrogen-bond donors (Lipinski definition) is 1. The van der Waals surface area contributed by atoms with Crippen LogP contribution in [0.5, 0.6) is 0 Å². The number of benzodiazepines with no additional fused rings is 1. The molecule has 208 valence electrons. The van der Waals surface area contributed by atoms with Crippen LogP contribution in [0.15, 0.2) is 47.5 Å². The zero-order chi connectivity index (χ0) is 28.7. The number of carbonyl (C=O) groups is 3. The van der Waals surface area contributed by atoms with E-state index in [4.69, 9.17) is 0 Å². The molecular formula is C26H22F7N3O3. The highest BCUT2D eigenvalue weighted by atomic mass is 19.4. The van der Waals surface area contributed by atoms with Gasteiger partial charge in [0.15, 0.2) is 0 Å². The van der Waals surface area contributed by atoms with Gasteiger partial charge in [-0.25, -0.2) is 14.3 Å². The number of benzene rings is 2. The van der Waals surface area contributed by atoms with Gasteiger partial charge in [0, 0.05) is 24.0 Å². The van der Waals surface area contributed by atoms with Crippen molar-refractivity contribution in [2.75, 3.05) is 5.32 Å². The second kappa shape index (κ2) is 10.4. The van der Waals surface area contributed by atoms with Crippen LogP contribution in [0.25, 0.3) is 0 Å². The molecule has 0 radical (unpaired) electrons. The summed E-state index contributed by atoms with van der Waals surface area (Å²) in [6, 6.07) is 9.92. The maximum Gasteiger partial charge on any atom is 0.389 e. The number of anilines is 1. The first-order valence-electron chi connectivity index (χ1n) is 11.9. The summed E-state index contributed by atoms with van der Waals surface area (Å²) in [5.41, 5.74) is 1.29. The summed E-state index contributed by atoms with van der Waals surface area (Å²) >= 11 is 0. The van der Waals surface area contributed by atoms with Gasteiger partial charge in [0.1, 0.15) is 5.82 Å². The van der Waals surface area contributed by atoms with Crippen LogP contribution in [-0.2, 0) is 14.4 Å². The number of para-hydroxylation sites is 1. The lowest BCUT2D eigenvalue weighted by Gasteiger charge is -2.22. The van der Waals surface area contributed by atoms with Crippen molar-refractivity contribution in [1.29, 1.82) is 0 Å². The zero-order valence-corrected chi connectivity index (χ0v) is 20.4. The van der Waals surface area contributed by atoms with Crippen molar-refractivity contribution < 1.29 is 45.1 Å². The number of hydrogen-bond acceptors (Lipinski definition) is 4. The SMILES string of the molecule is Cc1cccc2c1NC(=O)[C@H](N1C(=O)C(CCC(F)(F)F)C(CCC(F)(F)F)C1=O)N=C2c1cccc(F)c1. The predicted molar refractivity (Wildman–Crippen MR) is 125 cm³/mol. The second-order valence-electron chi connectivity index (χ2n) is 9.42. The van der Waals surface area contributed by atoms with E-state index in [2.05, 4.69) is 10.3 Å². The molecule has 6 nitrogen and oxygen atoms in total. The fraction of sp³-hybridized carbons (Fsp3) is 0.385. The van der Waals surface area contributed by atoms with Gasteiger partial charge in [0.2, 0.25) is 18.0 Å². The number of rotatable bonds is 6. The fourth-order valence-electron chi connectivity index (χ4n) is 4.85. The average Bonchev–Trinajstić information content (AvgIpc) is 2.95. The lowest BCUT2D eigenvalue weighted by atomic mass is 9.87. The molecule has 0 saturated carbocycles. The van der Waals surface area contributed by atoms with Gasteiger partial charge in [0.25, 0.3) is 5.91 Å². The van der Waals surface area contributed by atoms with Gasteiger partial charge < -0.3 is 5.32 Å². The Morgan fingerprint density at radius 3 is 1.97 bits per heavy atom. The zero-order valence-electron chi connectivity index (χ0n) is 20.4. The van der Waals surface area contributed by atoms with Crippen molar-refractivity contribution in [2.45, 2.75) is 51.1 Å². The first kappa shape index (κ1) is 28.2. The van der Waals surface area contributed by atoms with Gasteiger partial charge in [-0.2, -0.15) is 26.3 Å². The Bertz CT molecular complexity index is 1300. The summed E-state index contributed by atoms with van der Waals surface area (Å²) in [6.07, 6.45) is -16.3. The molecule has 1 saturated heterocycles. The summed E-state index contributed by atoms with van der Waals surface area (Å²) in [4.78, 5) is 44.6. The largest absolute Gasteiger partial charge is 0.389 e. The smallest absolute Gasteiger partial charge is 0.322 e. The Morgan fingerprint density at radius 2 is 1.44 bits per heavy atom. The molecular weight excluding hydrogens is 535 g/mol. The number of likely N-dealkylation sites (tertiary alicyclic amines) is 1. The topological polar surface area (TPSA) is 78.8 Å². The molecule has 0 aromatic heterocycles. The van der Waals surface area contributed by atoms with Crippen LogP contribution in [-0.4, -0.2) is 46.9 Å². The Balaban J connectivity index is 1.80. The number of nitrogens with zero attached hydrogens (tertiary/aromatic N) is 2. The Hall–Kier alpha value is -3.77. The first-order valence-corrected chi connectivity index (χ1v) is 11.9. The minimum atomic E-state index is -4.73. The lowest BCUT2D eigenvalue weighted by Crippen LogP contribution is -2.46. The molecule has 39 heavy (non-hydrogen) atoms. The number of aryl methyl sites for hydroxylation is 1. The van der Waals surface area contributed by atoms with Crippen molar-refractivity contribution in [3.05, 3.63) is 65.0 Å². The van der Waals surface area contributed by atoms with Crippen molar-refractivity contribution in [2.24, 2.45) is 16.8 Å². The molecule has 2 heterocycles. The molecule has 2 aliphatic rings. The highest BCUT2D eigenvalue weighted by Crippen LogP contribution is 2.40. The number of amides is 3. The van der Waals surface area contributed by atoms with Crippen LogP contribution in [0.4, 0.5) is 36.4 Å². The fourth-order valence-corrected chi connectivity index (χ4v) is 4.85. The first-order chi connectivity index (χ1) is 18.2. The van der Waals surface area contributed by atoms with E-state index in [1.54, 1.807) is 25.1 Å². The van der Waals surface area contributed by atoms with Gasteiger partial charge in [-0.15, -0.1) is 0 Å². The molecule has 1 fully saturated rings. The van der Waals surface area contributed by atoms with Crippen LogP contribution in [0.1, 0.15) is 42.4 Å². The molecule has 2 aromatic carbocycles. The molecule has 13 heteroatoms. The summed E-state index contributed by atoms with van der Waals surface area (Å²) < 4.78 is 91.8. The molecule has 4 rings (SSSR count). The van der Waals surface area contributed by atoms with Crippen molar-refractivity contribution >= 4 is 29.1 Å².